The van der Waals surface area contributed by atoms with E-state index in [1.807, 2.05) is 0 Å². The Balaban J connectivity index is 4.53. The number of aliphatic hydroxyl groups is 5. The summed E-state index contributed by atoms with van der Waals surface area (Å²) >= 11 is 0. The van der Waals surface area contributed by atoms with Gasteiger partial charge in [-0.15, -0.1) is 0 Å². The number of rotatable bonds is 5. The van der Waals surface area contributed by atoms with Gasteiger partial charge in [0.1, 0.15) is 12.2 Å². The Hall–Kier alpha value is -0.570. The van der Waals surface area contributed by atoms with Crippen LogP contribution in [0.5, 0.6) is 0 Å². The van der Waals surface area contributed by atoms with Gasteiger partial charge in [0, 0.05) is 0 Å². The molecule has 13 heavy (non-hydrogen) atoms. The van der Waals surface area contributed by atoms with Crippen molar-refractivity contribution in [2.75, 3.05) is 13.2 Å². The number of hydrogen-bond acceptors (Lipinski definition) is 7. The molecular weight excluding hydrogens is 182 g/mol. The molecule has 0 aliphatic heterocycles. The van der Waals surface area contributed by atoms with Gasteiger partial charge in [-0.3, -0.25) is 10.5 Å². The number of nitrogens with two attached hydrogens (primary N) is 1. The van der Waals surface area contributed by atoms with Crippen LogP contribution in [0.4, 0.5) is 0 Å². The lowest BCUT2D eigenvalue weighted by atomic mass is 9.99. The molecule has 0 aromatic rings. The maximum atomic E-state index is 10.9. The predicted molar refractivity (Wildman–Crippen MR) is 40.3 cm³/mol. The van der Waals surface area contributed by atoms with E-state index in [9.17, 15) is 4.79 Å². The van der Waals surface area contributed by atoms with E-state index in [1.54, 1.807) is 0 Å². The Morgan fingerprint density at radius 2 is 1.77 bits per heavy atom. The molecular formula is C6H13NO6. The summed E-state index contributed by atoms with van der Waals surface area (Å²) in [5.41, 5.74) is 2.16. The van der Waals surface area contributed by atoms with Crippen LogP contribution in [0.25, 0.3) is 0 Å². The maximum Gasteiger partial charge on any atom is 0.212 e. The zero-order valence-corrected chi connectivity index (χ0v) is 6.79. The fourth-order valence-electron chi connectivity index (χ4n) is 0.653. The molecule has 78 valence electrons. The lowest BCUT2D eigenvalue weighted by Gasteiger charge is -2.27. The molecule has 0 aliphatic carbocycles. The second-order valence-electron chi connectivity index (χ2n) is 2.59. The average Bonchev–Trinajstić information content (AvgIpc) is 2.13. The summed E-state index contributed by atoms with van der Waals surface area (Å²) < 4.78 is 0. The van der Waals surface area contributed by atoms with Crippen LogP contribution < -0.4 is 5.73 Å². The molecule has 0 spiro atoms. The van der Waals surface area contributed by atoms with Crippen molar-refractivity contribution in [3.63, 3.8) is 0 Å². The summed E-state index contributed by atoms with van der Waals surface area (Å²) in [5.74, 6) is -1.35. The highest BCUT2D eigenvalue weighted by Gasteiger charge is 2.41. The molecule has 0 aromatic carbocycles. The van der Waals surface area contributed by atoms with E-state index in [0.29, 0.717) is 0 Å². The van der Waals surface area contributed by atoms with E-state index < -0.39 is 36.9 Å². The minimum Gasteiger partial charge on any atom is -0.393 e. The van der Waals surface area contributed by atoms with E-state index in [2.05, 4.69) is 0 Å². The Kier molecular flexibility index (Phi) is 4.40. The van der Waals surface area contributed by atoms with Crippen LogP contribution in [0.3, 0.4) is 0 Å². The SMILES string of the molecule is NC(O)(C(=O)C(O)CO)C(O)CO. The first kappa shape index (κ1) is 12.4. The molecule has 3 atom stereocenters. The maximum absolute atomic E-state index is 10.9. The van der Waals surface area contributed by atoms with Gasteiger partial charge in [-0.25, -0.2) is 0 Å². The summed E-state index contributed by atoms with van der Waals surface area (Å²) in [6.45, 7) is -1.85. The molecule has 7 nitrogen and oxygen atoms in total. The van der Waals surface area contributed by atoms with E-state index in [4.69, 9.17) is 31.3 Å². The predicted octanol–water partition coefficient (Wildman–Crippen LogP) is -4.09. The van der Waals surface area contributed by atoms with Crippen LogP contribution in [-0.2, 0) is 4.79 Å². The first-order valence-electron chi connectivity index (χ1n) is 3.51. The van der Waals surface area contributed by atoms with Crippen molar-refractivity contribution in [3.05, 3.63) is 0 Å². The van der Waals surface area contributed by atoms with Gasteiger partial charge in [0.15, 0.2) is 0 Å². The highest BCUT2D eigenvalue weighted by atomic mass is 16.4. The summed E-state index contributed by atoms with van der Waals surface area (Å²) in [6.07, 6.45) is -3.78. The van der Waals surface area contributed by atoms with Crippen molar-refractivity contribution in [2.45, 2.75) is 17.9 Å². The van der Waals surface area contributed by atoms with Crippen LogP contribution in [0, 0.1) is 0 Å². The molecule has 7 heteroatoms. The average molecular weight is 195 g/mol. The van der Waals surface area contributed by atoms with E-state index in [-0.39, 0.29) is 0 Å². The monoisotopic (exact) mass is 195 g/mol. The van der Waals surface area contributed by atoms with Gasteiger partial charge in [0.25, 0.3) is 0 Å². The van der Waals surface area contributed by atoms with Crippen LogP contribution in [0.1, 0.15) is 0 Å². The third-order valence-corrected chi connectivity index (χ3v) is 1.55. The molecule has 0 saturated carbocycles. The van der Waals surface area contributed by atoms with Gasteiger partial charge >= 0.3 is 0 Å². The smallest absolute Gasteiger partial charge is 0.212 e. The normalized spacial score (nSPS) is 20.5. The highest BCUT2D eigenvalue weighted by Crippen LogP contribution is 2.07. The first-order chi connectivity index (χ1) is 5.87. The Morgan fingerprint density at radius 1 is 1.31 bits per heavy atom. The van der Waals surface area contributed by atoms with Crippen molar-refractivity contribution < 1.29 is 30.3 Å². The van der Waals surface area contributed by atoms with Crippen molar-refractivity contribution in [2.24, 2.45) is 5.73 Å². The van der Waals surface area contributed by atoms with Crippen LogP contribution in [0.2, 0.25) is 0 Å². The van der Waals surface area contributed by atoms with E-state index in [0.717, 1.165) is 0 Å². The highest BCUT2D eigenvalue weighted by molar-refractivity contribution is 5.90. The quantitative estimate of drug-likeness (QED) is 0.245. The number of Topliss-reactive ketones (excluding diaryl/α,β-unsaturated/α-hetero) is 1. The summed E-state index contributed by atoms with van der Waals surface area (Å²) in [5, 5.41) is 43.5. The molecule has 0 aliphatic rings. The zero-order valence-electron chi connectivity index (χ0n) is 6.79. The van der Waals surface area contributed by atoms with Crippen molar-refractivity contribution in [1.29, 1.82) is 0 Å². The minimum atomic E-state index is -2.75. The zero-order chi connectivity index (χ0) is 10.6. The second-order valence-corrected chi connectivity index (χ2v) is 2.59. The largest absolute Gasteiger partial charge is 0.393 e. The van der Waals surface area contributed by atoms with Gasteiger partial charge in [-0.1, -0.05) is 0 Å². The molecule has 0 bridgehead atoms. The molecule has 0 fully saturated rings. The molecule has 0 aromatic heterocycles. The van der Waals surface area contributed by atoms with Crippen LogP contribution >= 0.6 is 0 Å². The third-order valence-electron chi connectivity index (χ3n) is 1.55. The summed E-state index contributed by atoms with van der Waals surface area (Å²) in [4.78, 5) is 10.9. The summed E-state index contributed by atoms with van der Waals surface area (Å²) in [6, 6.07) is 0. The third kappa shape index (κ3) is 2.69. The van der Waals surface area contributed by atoms with Gasteiger partial charge in [-0.05, 0) is 0 Å². The van der Waals surface area contributed by atoms with E-state index in [1.165, 1.54) is 0 Å². The van der Waals surface area contributed by atoms with Crippen molar-refractivity contribution in [1.82, 2.24) is 0 Å². The first-order valence-corrected chi connectivity index (χ1v) is 3.51. The second kappa shape index (κ2) is 4.61. The number of carbonyl (C=O) groups is 1. The Bertz CT molecular complexity index is 182. The Morgan fingerprint density at radius 3 is 2.08 bits per heavy atom. The van der Waals surface area contributed by atoms with Gasteiger partial charge in [0.2, 0.25) is 11.5 Å². The topological polar surface area (TPSA) is 144 Å². The Labute approximate surface area is 74.0 Å². The molecule has 0 amide bonds. The summed E-state index contributed by atoms with van der Waals surface area (Å²) in [7, 11) is 0. The fourth-order valence-corrected chi connectivity index (χ4v) is 0.653. The molecule has 7 N–H and O–H groups in total. The molecule has 0 heterocycles. The number of hydrogen-bond donors (Lipinski definition) is 6. The fraction of sp³-hybridized carbons (Fsp3) is 0.833. The van der Waals surface area contributed by atoms with Crippen molar-refractivity contribution in [3.8, 4) is 0 Å². The number of aliphatic hydroxyl groups excluding tert-OH is 4. The molecule has 0 radical (unpaired) electrons. The van der Waals surface area contributed by atoms with Crippen molar-refractivity contribution >= 4 is 5.78 Å². The molecule has 0 saturated heterocycles. The lowest BCUT2D eigenvalue weighted by molar-refractivity contribution is -0.163. The molecule has 0 rings (SSSR count). The lowest BCUT2D eigenvalue weighted by Crippen LogP contribution is -2.62. The minimum absolute atomic E-state index is 0.920. The number of ketones is 1. The standard InChI is InChI=1S/C6H13NO6/c7-6(13,4(11)2-9)5(12)3(10)1-8/h3-4,8-11,13H,1-2,7H2. The van der Waals surface area contributed by atoms with Gasteiger partial charge in [-0.2, -0.15) is 0 Å². The van der Waals surface area contributed by atoms with Gasteiger partial charge in [0.05, 0.1) is 13.2 Å². The van der Waals surface area contributed by atoms with E-state index >= 15 is 0 Å². The van der Waals surface area contributed by atoms with Crippen LogP contribution in [0.15, 0.2) is 0 Å². The van der Waals surface area contributed by atoms with Gasteiger partial charge < -0.3 is 25.5 Å². The molecule has 3 unspecified atom stereocenters. The number of carbonyl (C=O) groups excluding carboxylic acids is 1. The van der Waals surface area contributed by atoms with Crippen LogP contribution in [-0.4, -0.2) is 62.5 Å².